The van der Waals surface area contributed by atoms with Crippen molar-refractivity contribution in [1.29, 1.82) is 0 Å². The lowest BCUT2D eigenvalue weighted by Gasteiger charge is -2.11. The van der Waals surface area contributed by atoms with Gasteiger partial charge in [-0.1, -0.05) is 37.3 Å². The molecule has 148 valence electrons. The molecule has 2 rings (SSSR count). The second-order valence-corrected chi connectivity index (χ2v) is 6.04. The number of aromatic nitrogens is 1. The average Bonchev–Trinajstić information content (AvgIpc) is 3.24. The smallest absolute Gasteiger partial charge is 0.407 e. The second-order valence-electron chi connectivity index (χ2n) is 6.04. The molecule has 0 radical (unpaired) electrons. The molecular formula is C19H21N3O6. The van der Waals surface area contributed by atoms with Crippen molar-refractivity contribution in [2.24, 2.45) is 5.92 Å². The van der Waals surface area contributed by atoms with Gasteiger partial charge in [-0.05, 0) is 5.56 Å². The van der Waals surface area contributed by atoms with Crippen molar-refractivity contribution in [1.82, 2.24) is 15.6 Å². The summed E-state index contributed by atoms with van der Waals surface area (Å²) in [6, 6.07) is 9.12. The predicted molar refractivity (Wildman–Crippen MR) is 97.3 cm³/mol. The Bertz CT molecular complexity index is 804. The van der Waals surface area contributed by atoms with Crippen LogP contribution in [0.15, 0.2) is 47.2 Å². The van der Waals surface area contributed by atoms with Gasteiger partial charge in [-0.15, -0.1) is 0 Å². The number of benzene rings is 1. The third kappa shape index (κ3) is 7.02. The lowest BCUT2D eigenvalue weighted by atomic mass is 10.0. The molecule has 0 saturated carbocycles. The summed E-state index contributed by atoms with van der Waals surface area (Å²) < 4.78 is 9.83. The van der Waals surface area contributed by atoms with Crippen molar-refractivity contribution < 1.29 is 28.3 Å². The highest BCUT2D eigenvalue weighted by molar-refractivity contribution is 5.96. The number of oxazole rings is 1. The number of hydrogen-bond donors (Lipinski definition) is 2. The van der Waals surface area contributed by atoms with Crippen LogP contribution in [0.3, 0.4) is 0 Å². The van der Waals surface area contributed by atoms with Crippen molar-refractivity contribution in [2.45, 2.75) is 20.0 Å². The van der Waals surface area contributed by atoms with Gasteiger partial charge in [0, 0.05) is 12.3 Å². The zero-order valence-corrected chi connectivity index (χ0v) is 15.3. The van der Waals surface area contributed by atoms with Crippen LogP contribution in [-0.2, 0) is 20.9 Å². The van der Waals surface area contributed by atoms with Crippen molar-refractivity contribution in [3.05, 3.63) is 54.2 Å². The highest BCUT2D eigenvalue weighted by Crippen LogP contribution is 2.04. The molecule has 0 unspecified atom stereocenters. The minimum absolute atomic E-state index is 0.0853. The fraction of sp³-hybridized carbons (Fsp3) is 0.316. The molecule has 0 saturated heterocycles. The van der Waals surface area contributed by atoms with Crippen molar-refractivity contribution in [2.75, 3.05) is 13.1 Å². The lowest BCUT2D eigenvalue weighted by molar-refractivity contribution is -0.128. The number of rotatable bonds is 10. The first kappa shape index (κ1) is 20.8. The van der Waals surface area contributed by atoms with Gasteiger partial charge < -0.3 is 19.8 Å². The van der Waals surface area contributed by atoms with Crippen molar-refractivity contribution >= 4 is 23.6 Å². The minimum atomic E-state index is -0.717. The van der Waals surface area contributed by atoms with E-state index in [-0.39, 0.29) is 37.8 Å². The Morgan fingerprint density at radius 1 is 1.11 bits per heavy atom. The molecule has 1 heterocycles. The van der Waals surface area contributed by atoms with E-state index in [2.05, 4.69) is 15.6 Å². The number of ether oxygens (including phenoxy) is 1. The molecule has 0 bridgehead atoms. The zero-order valence-electron chi connectivity index (χ0n) is 15.3. The fourth-order valence-electron chi connectivity index (χ4n) is 2.23. The van der Waals surface area contributed by atoms with Gasteiger partial charge in [0.25, 0.3) is 5.89 Å². The van der Waals surface area contributed by atoms with Crippen LogP contribution >= 0.6 is 0 Å². The number of ketones is 2. The van der Waals surface area contributed by atoms with Gasteiger partial charge >= 0.3 is 6.09 Å². The maximum atomic E-state index is 12.0. The van der Waals surface area contributed by atoms with E-state index in [4.69, 9.17) is 9.15 Å². The Balaban J connectivity index is 1.63. The first-order chi connectivity index (χ1) is 13.5. The highest BCUT2D eigenvalue weighted by Gasteiger charge is 2.19. The Kier molecular flexibility index (Phi) is 7.89. The molecule has 0 fully saturated rings. The molecule has 9 nitrogen and oxygen atoms in total. The van der Waals surface area contributed by atoms with Crippen molar-refractivity contribution in [3.8, 4) is 0 Å². The third-order valence-corrected chi connectivity index (χ3v) is 3.72. The van der Waals surface area contributed by atoms with Gasteiger partial charge in [-0.2, -0.15) is 0 Å². The molecule has 1 aromatic heterocycles. The maximum absolute atomic E-state index is 12.0. The molecule has 1 aromatic carbocycles. The monoisotopic (exact) mass is 387 g/mol. The Morgan fingerprint density at radius 2 is 1.86 bits per heavy atom. The molecule has 2 aromatic rings. The van der Waals surface area contributed by atoms with Gasteiger partial charge in [-0.3, -0.25) is 14.4 Å². The van der Waals surface area contributed by atoms with Crippen LogP contribution in [0.25, 0.3) is 0 Å². The summed E-state index contributed by atoms with van der Waals surface area (Å²) in [7, 11) is 0. The number of carbonyl (C=O) groups excluding carboxylic acids is 4. The summed E-state index contributed by atoms with van der Waals surface area (Å²) in [5.41, 5.74) is 0.827. The van der Waals surface area contributed by atoms with Crippen LogP contribution in [0, 0.1) is 5.92 Å². The number of nitrogens with zero attached hydrogens (tertiary/aromatic N) is 1. The van der Waals surface area contributed by atoms with Gasteiger partial charge in [0.15, 0.2) is 5.78 Å². The number of Topliss-reactive ketones (excluding diaryl/α,β-unsaturated/α-hetero) is 2. The summed E-state index contributed by atoms with van der Waals surface area (Å²) >= 11 is 0. The van der Waals surface area contributed by atoms with Crippen LogP contribution < -0.4 is 10.6 Å². The third-order valence-electron chi connectivity index (χ3n) is 3.72. The van der Waals surface area contributed by atoms with Gasteiger partial charge in [-0.25, -0.2) is 9.78 Å². The normalized spacial score (nSPS) is 11.3. The highest BCUT2D eigenvalue weighted by atomic mass is 16.5. The van der Waals surface area contributed by atoms with E-state index in [0.717, 1.165) is 5.56 Å². The summed E-state index contributed by atoms with van der Waals surface area (Å²) in [5.74, 6) is -2.02. The quantitative estimate of drug-likeness (QED) is 0.591. The van der Waals surface area contributed by atoms with Crippen LogP contribution in [-0.4, -0.2) is 41.6 Å². The van der Waals surface area contributed by atoms with E-state index in [1.165, 1.54) is 12.5 Å². The summed E-state index contributed by atoms with van der Waals surface area (Å²) in [6.45, 7) is 1.12. The molecule has 9 heteroatoms. The molecule has 1 atom stereocenters. The van der Waals surface area contributed by atoms with E-state index >= 15 is 0 Å². The first-order valence-corrected chi connectivity index (χ1v) is 8.62. The number of alkyl carbamates (subject to hydrolysis) is 1. The van der Waals surface area contributed by atoms with Gasteiger partial charge in [0.1, 0.15) is 12.9 Å². The summed E-state index contributed by atoms with van der Waals surface area (Å²) in [5, 5.41) is 4.78. The predicted octanol–water partition coefficient (Wildman–Crippen LogP) is 1.50. The minimum Gasteiger partial charge on any atom is -0.445 e. The van der Waals surface area contributed by atoms with Crippen molar-refractivity contribution in [3.63, 3.8) is 0 Å². The maximum Gasteiger partial charge on any atom is 0.407 e. The number of nitrogens with one attached hydrogen (secondary N) is 2. The topological polar surface area (TPSA) is 128 Å². The zero-order chi connectivity index (χ0) is 20.4. The summed E-state index contributed by atoms with van der Waals surface area (Å²) in [4.78, 5) is 50.9. The molecule has 0 aliphatic carbocycles. The fourth-order valence-corrected chi connectivity index (χ4v) is 2.23. The standard InChI is InChI=1S/C19H21N3O6/c1-13(17(25)21-11-16(24)18-20-7-8-27-18)9-15(23)10-22-19(26)28-12-14-5-3-2-4-6-14/h2-8,13H,9-12H2,1H3,(H,21,25)(H,22,26)/t13-/m1/s1. The number of hydrogen-bond acceptors (Lipinski definition) is 7. The number of amides is 2. The van der Waals surface area contributed by atoms with Gasteiger partial charge in [0.2, 0.25) is 11.7 Å². The molecular weight excluding hydrogens is 366 g/mol. The molecule has 0 spiro atoms. The first-order valence-electron chi connectivity index (χ1n) is 8.62. The molecule has 2 N–H and O–H groups in total. The Hall–Kier alpha value is -3.49. The van der Waals surface area contributed by atoms with Crippen LogP contribution in [0.1, 0.15) is 29.6 Å². The average molecular weight is 387 g/mol. The van der Waals surface area contributed by atoms with E-state index in [0.29, 0.717) is 0 Å². The van der Waals surface area contributed by atoms with E-state index in [1.54, 1.807) is 6.92 Å². The Morgan fingerprint density at radius 3 is 2.54 bits per heavy atom. The van der Waals surface area contributed by atoms with Gasteiger partial charge in [0.05, 0.1) is 19.3 Å². The van der Waals surface area contributed by atoms with E-state index in [1.807, 2.05) is 30.3 Å². The molecule has 2 amide bonds. The van der Waals surface area contributed by atoms with Crippen LogP contribution in [0.5, 0.6) is 0 Å². The second kappa shape index (κ2) is 10.6. The Labute approximate surface area is 161 Å². The van der Waals surface area contributed by atoms with Crippen LogP contribution in [0.2, 0.25) is 0 Å². The van der Waals surface area contributed by atoms with E-state index in [9.17, 15) is 19.2 Å². The number of carbonyl (C=O) groups is 4. The molecule has 28 heavy (non-hydrogen) atoms. The molecule has 0 aliphatic rings. The SMILES string of the molecule is C[C@H](CC(=O)CNC(=O)OCc1ccccc1)C(=O)NCC(=O)c1ncco1. The summed E-state index contributed by atoms with van der Waals surface area (Å²) in [6.07, 6.45) is 1.78. The largest absolute Gasteiger partial charge is 0.445 e. The van der Waals surface area contributed by atoms with E-state index < -0.39 is 23.7 Å². The lowest BCUT2D eigenvalue weighted by Crippen LogP contribution is -2.36. The molecule has 0 aliphatic heterocycles. The van der Waals surface area contributed by atoms with Crippen LogP contribution in [0.4, 0.5) is 4.79 Å².